The lowest BCUT2D eigenvalue weighted by Crippen LogP contribution is -2.27. The van der Waals surface area contributed by atoms with Gasteiger partial charge in [-0.2, -0.15) is 0 Å². The van der Waals surface area contributed by atoms with Gasteiger partial charge in [0.15, 0.2) is 0 Å². The van der Waals surface area contributed by atoms with Crippen molar-refractivity contribution in [1.29, 1.82) is 21.0 Å². The summed E-state index contributed by atoms with van der Waals surface area (Å²) in [7, 11) is 2.04. The number of anilines is 9. The molecule has 1 aliphatic carbocycles. The Balaban J connectivity index is 0.000000166. The molecule has 14 rings (SSSR count). The SMILES string of the molecule is [C-]#[N+]/C(C#N)=C1C=C(/C=C/c2ccc(N(C)c3ccccc3)cc2)OC(C)(C)C\1.[C-]#[N+]/C(C#N)=C1C=C(/C=C/c2ccc(N(CC)CC)cc2)OC(C)(C)C\1.[C-]#[N+]/C(C#N)=C1C=C(/C=C/c2ccc(N(c3ccccc3)c3cccc4c3CCCC4)cc2)OC(C)(C)C\1.[C-]#[N+]/C(C#N)=C1C=C(/C=C/c2ccc(N(c3ccccc3)c3ccccc3)cc2)OC(C)(C)C\1. The predicted octanol–water partition coefficient (Wildman–Crippen LogP) is 28.4. The first-order chi connectivity index (χ1) is 61.3. The van der Waals surface area contributed by atoms with Gasteiger partial charge in [0.1, 0.15) is 45.4 Å². The van der Waals surface area contributed by atoms with Crippen LogP contribution in [0.4, 0.5) is 51.2 Å². The average Bonchev–Trinajstić information content (AvgIpc) is 0.781. The zero-order valence-corrected chi connectivity index (χ0v) is 74.0. The summed E-state index contributed by atoms with van der Waals surface area (Å²) in [6.07, 6.45) is 29.6. The van der Waals surface area contributed by atoms with Crippen LogP contribution in [0, 0.1) is 71.6 Å². The summed E-state index contributed by atoms with van der Waals surface area (Å²) in [6, 6.07) is 89.5. The number of ether oxygens (including phenoxy) is 4. The Bertz CT molecular complexity index is 6070. The van der Waals surface area contributed by atoms with Crippen molar-refractivity contribution in [2.75, 3.05) is 39.7 Å². The highest BCUT2D eigenvalue weighted by Crippen LogP contribution is 2.43. The molecule has 0 bridgehead atoms. The molecule has 9 aromatic carbocycles. The van der Waals surface area contributed by atoms with Crippen LogP contribution in [-0.4, -0.2) is 42.5 Å². The van der Waals surface area contributed by atoms with Crippen molar-refractivity contribution in [3.05, 3.63) is 432 Å². The third-order valence-electron chi connectivity index (χ3n) is 21.6. The lowest BCUT2D eigenvalue weighted by molar-refractivity contribution is 0.0351. The molecule has 0 radical (unpaired) electrons. The van der Waals surface area contributed by atoms with Gasteiger partial charge in [0.05, 0.1) is 50.6 Å². The molecule has 4 heterocycles. The molecule has 0 aromatic heterocycles. The van der Waals surface area contributed by atoms with Gasteiger partial charge in [-0.1, -0.05) is 158 Å². The van der Waals surface area contributed by atoms with Gasteiger partial charge in [0.25, 0.3) is 22.8 Å². The summed E-state index contributed by atoms with van der Waals surface area (Å²) in [4.78, 5) is 22.4. The van der Waals surface area contributed by atoms with Crippen molar-refractivity contribution in [2.24, 2.45) is 0 Å². The van der Waals surface area contributed by atoms with Crippen molar-refractivity contribution >= 4 is 75.5 Å². The van der Waals surface area contributed by atoms with E-state index in [1.54, 1.807) is 18.2 Å². The predicted molar refractivity (Wildman–Crippen MR) is 514 cm³/mol. The highest BCUT2D eigenvalue weighted by atomic mass is 16.5. The molecule has 0 saturated heterocycles. The molecule has 9 aromatic rings. The fraction of sp³-hybridized carbons (Fsp3) is 0.225. The van der Waals surface area contributed by atoms with Crippen LogP contribution in [0.25, 0.3) is 43.7 Å². The lowest BCUT2D eigenvalue weighted by Gasteiger charge is -2.32. The third kappa shape index (κ3) is 25.4. The number of para-hydroxylation sites is 4. The zero-order chi connectivity index (χ0) is 90.5. The van der Waals surface area contributed by atoms with Gasteiger partial charge in [-0.15, -0.1) is 0 Å². The van der Waals surface area contributed by atoms with Gasteiger partial charge in [0.2, 0.25) is 0 Å². The summed E-state index contributed by atoms with van der Waals surface area (Å²) in [6.45, 7) is 50.9. The summed E-state index contributed by atoms with van der Waals surface area (Å²) in [5.41, 5.74) is 18.8. The van der Waals surface area contributed by atoms with E-state index in [2.05, 4.69) is 235 Å². The van der Waals surface area contributed by atoms with E-state index < -0.39 is 22.4 Å². The van der Waals surface area contributed by atoms with Crippen molar-refractivity contribution < 1.29 is 18.9 Å². The summed E-state index contributed by atoms with van der Waals surface area (Å²) in [5.74, 6) is 2.61. The number of rotatable bonds is 19. The Morgan fingerprint density at radius 3 is 0.906 bits per heavy atom. The van der Waals surface area contributed by atoms with E-state index in [1.807, 2.05) is 196 Å². The van der Waals surface area contributed by atoms with Crippen LogP contribution in [0.2, 0.25) is 0 Å². The smallest absolute Gasteiger partial charge is 0.265 e. The van der Waals surface area contributed by atoms with E-state index in [1.165, 1.54) is 35.3 Å². The molecular formula is C111H104N12O4. The van der Waals surface area contributed by atoms with E-state index in [4.69, 9.17) is 50.5 Å². The minimum absolute atomic E-state index is 0.119. The first-order valence-electron chi connectivity index (χ1n) is 42.5. The molecule has 632 valence electrons. The maximum absolute atomic E-state index is 9.33. The quantitative estimate of drug-likeness (QED) is 0.0557. The Morgan fingerprint density at radius 2 is 0.598 bits per heavy atom. The highest BCUT2D eigenvalue weighted by Gasteiger charge is 2.32. The van der Waals surface area contributed by atoms with Crippen molar-refractivity contribution in [3.63, 3.8) is 0 Å². The number of nitrogens with zero attached hydrogens (tertiary/aromatic N) is 12. The molecule has 0 unspecified atom stereocenters. The Kier molecular flexibility index (Phi) is 31.3. The molecule has 5 aliphatic rings. The Labute approximate surface area is 750 Å². The second-order valence-electron chi connectivity index (χ2n) is 33.3. The van der Waals surface area contributed by atoms with Crippen molar-refractivity contribution in [2.45, 2.75) is 143 Å². The van der Waals surface area contributed by atoms with Crippen LogP contribution < -0.4 is 19.6 Å². The highest BCUT2D eigenvalue weighted by molar-refractivity contribution is 5.81. The molecule has 0 spiro atoms. The molecule has 16 heteroatoms. The summed E-state index contributed by atoms with van der Waals surface area (Å²) < 4.78 is 24.2. The number of nitriles is 4. The van der Waals surface area contributed by atoms with Crippen LogP contribution >= 0.6 is 0 Å². The van der Waals surface area contributed by atoms with Crippen LogP contribution in [0.3, 0.4) is 0 Å². The lowest BCUT2D eigenvalue weighted by atomic mass is 9.90. The number of aryl methyl sites for hydroxylation is 1. The Morgan fingerprint density at radius 1 is 0.331 bits per heavy atom. The normalized spacial score (nSPS) is 17.0. The fourth-order valence-corrected chi connectivity index (χ4v) is 15.6. The standard InChI is InChI=1S/C34H31N3O.C30H25N3O.C25H23N3O.C22H25N3O/c1-34(2)23-27(32(24-35)36-3)22-30(38-34)21-18-25-16-19-29(20-17-25)37(28-12-5-4-6-13-28)33-15-9-11-26-10-7-8-14-31(26)33;1-30(2)21-24(29(22-31)32-3)20-28(34-30)19-16-23-14-17-27(18-15-23)33(25-10-6-4-7-11-25)26-12-8-5-9-13-26;1-25(2)17-20(24(18-26)27-3)16-23(29-25)15-12-19-10-13-22(14-11-19)28(4)21-8-6-5-7-9-21;1-6-25(7-2)19-11-8-17(9-12-19)10-13-20-14-18(21(16-23)24-5)15-22(3,4)26-20/h4-6,9,11-13,15-22H,7-8,10,14,23H2,1-2H3;4-20H,21H2,1-2H3;5-16H,17H2,1-2,4H3;8-14H,6-7,15H2,1-4H3/b21-18+,32-27+;19-16+,29-24+;15-12+,24-20+;13-10+,21-18+. The van der Waals surface area contributed by atoms with Gasteiger partial charge in [0, 0.05) is 97.0 Å². The molecule has 0 amide bonds. The number of hydrogen-bond donors (Lipinski definition) is 0. The van der Waals surface area contributed by atoms with Crippen LogP contribution in [-0.2, 0) is 31.8 Å². The molecule has 0 N–H and O–H groups in total. The minimum atomic E-state index is -0.481. The molecule has 16 nitrogen and oxygen atoms in total. The maximum atomic E-state index is 9.33. The first-order valence-corrected chi connectivity index (χ1v) is 42.5. The average molecular weight is 1670 g/mol. The maximum Gasteiger partial charge on any atom is 0.265 e. The van der Waals surface area contributed by atoms with E-state index in [0.717, 1.165) is 105 Å². The minimum Gasteiger partial charge on any atom is -0.488 e. The van der Waals surface area contributed by atoms with Gasteiger partial charge in [-0.3, -0.25) is 0 Å². The number of fused-ring (bicyclic) bond motifs is 1. The molecule has 4 aliphatic heterocycles. The largest absolute Gasteiger partial charge is 0.488 e. The second kappa shape index (κ2) is 43.3. The fourth-order valence-electron chi connectivity index (χ4n) is 15.6. The van der Waals surface area contributed by atoms with Gasteiger partial charge in [-0.05, 0) is 302 Å². The molecule has 0 fully saturated rings. The number of allylic oxidation sites excluding steroid dienone is 12. The van der Waals surface area contributed by atoms with Gasteiger partial charge < -0.3 is 38.5 Å². The summed E-state index contributed by atoms with van der Waals surface area (Å²) in [5, 5.41) is 36.9. The van der Waals surface area contributed by atoms with Crippen LogP contribution in [0.5, 0.6) is 0 Å². The van der Waals surface area contributed by atoms with Crippen LogP contribution in [0.15, 0.2) is 353 Å². The van der Waals surface area contributed by atoms with E-state index in [9.17, 15) is 15.8 Å². The summed E-state index contributed by atoms with van der Waals surface area (Å²) >= 11 is 0. The first kappa shape index (κ1) is 91.9. The molecule has 0 saturated carbocycles. The van der Waals surface area contributed by atoms with Crippen molar-refractivity contribution in [1.82, 2.24) is 0 Å². The monoisotopic (exact) mass is 1670 g/mol. The van der Waals surface area contributed by atoms with Crippen LogP contribution in [0.1, 0.15) is 141 Å². The topological polar surface area (TPSA) is 162 Å². The van der Waals surface area contributed by atoms with E-state index >= 15 is 0 Å². The van der Waals surface area contributed by atoms with Gasteiger partial charge >= 0.3 is 0 Å². The van der Waals surface area contributed by atoms with E-state index in [-0.39, 0.29) is 22.8 Å². The Hall–Kier alpha value is -15.8. The third-order valence-corrected chi connectivity index (χ3v) is 21.6. The number of hydrogen-bond acceptors (Lipinski definition) is 12. The second-order valence-corrected chi connectivity index (χ2v) is 33.3. The molecular weight excluding hydrogens is 1570 g/mol. The molecule has 127 heavy (non-hydrogen) atoms. The zero-order valence-electron chi connectivity index (χ0n) is 74.0. The molecule has 0 atom stereocenters. The van der Waals surface area contributed by atoms with E-state index in [0.29, 0.717) is 54.3 Å². The van der Waals surface area contributed by atoms with Gasteiger partial charge in [-0.25, -0.2) is 40.4 Å². The number of benzene rings is 9. The van der Waals surface area contributed by atoms with Crippen molar-refractivity contribution in [3.8, 4) is 24.3 Å².